The van der Waals surface area contributed by atoms with Gasteiger partial charge in [0.1, 0.15) is 24.7 Å². The van der Waals surface area contributed by atoms with Gasteiger partial charge < -0.3 is 28.7 Å². The Hall–Kier alpha value is -5.94. The number of carbonyl (C=O) groups is 4. The Bertz CT molecular complexity index is 1910. The van der Waals surface area contributed by atoms with E-state index in [1.807, 2.05) is 34.1 Å². The summed E-state index contributed by atoms with van der Waals surface area (Å²) in [7, 11) is 0. The first-order chi connectivity index (χ1) is 28.3. The van der Waals surface area contributed by atoms with E-state index in [4.69, 9.17) is 29.5 Å². The van der Waals surface area contributed by atoms with Crippen LogP contribution >= 0.6 is 0 Å². The number of rotatable bonds is 6. The quantitative estimate of drug-likeness (QED) is 0.191. The molecular weight excluding hydrogens is 752 g/mol. The third-order valence-electron chi connectivity index (χ3n) is 10.8. The summed E-state index contributed by atoms with van der Waals surface area (Å²) in [6.45, 7) is 3.49. The van der Waals surface area contributed by atoms with Crippen molar-refractivity contribution in [1.29, 1.82) is 0 Å². The number of nitrogens with zero attached hydrogens (tertiary/aromatic N) is 4. The predicted octanol–water partition coefficient (Wildman–Crippen LogP) is 5.20. The Labute approximate surface area is 334 Å². The van der Waals surface area contributed by atoms with E-state index < -0.39 is 11.9 Å². The minimum atomic E-state index is -0.861. The van der Waals surface area contributed by atoms with Gasteiger partial charge in [0, 0.05) is 74.2 Å². The van der Waals surface area contributed by atoms with Crippen LogP contribution in [-0.4, -0.2) is 93.7 Å². The Morgan fingerprint density at radius 1 is 0.603 bits per heavy atom. The molecule has 2 fully saturated rings. The maximum absolute atomic E-state index is 13.4. The highest BCUT2D eigenvalue weighted by Crippen LogP contribution is 2.36. The van der Waals surface area contributed by atoms with Crippen molar-refractivity contribution in [3.8, 4) is 11.5 Å². The van der Waals surface area contributed by atoms with E-state index in [9.17, 15) is 19.2 Å². The molecule has 0 unspecified atom stereocenters. The summed E-state index contributed by atoms with van der Waals surface area (Å²) >= 11 is 0. The third kappa shape index (κ3) is 9.26. The van der Waals surface area contributed by atoms with Gasteiger partial charge in [-0.2, -0.15) is 10.5 Å². The first kappa shape index (κ1) is 40.3. The predicted molar refractivity (Wildman–Crippen MR) is 202 cm³/mol. The summed E-state index contributed by atoms with van der Waals surface area (Å²) in [6, 6.07) is 16.5. The van der Waals surface area contributed by atoms with Crippen LogP contribution in [0.2, 0.25) is 0 Å². The molecule has 2 atom stereocenters. The number of hydrogen-bond acceptors (Lipinski definition) is 14. The normalized spacial score (nSPS) is 19.6. The number of fused-ring (bicyclic) bond motifs is 2. The maximum atomic E-state index is 13.4. The molecule has 4 aliphatic rings. The topological polar surface area (TPSA) is 196 Å². The van der Waals surface area contributed by atoms with E-state index in [2.05, 4.69) is 19.7 Å². The monoisotopic (exact) mass is 796 g/mol. The van der Waals surface area contributed by atoms with Gasteiger partial charge in [-0.25, -0.2) is 9.59 Å². The Balaban J connectivity index is 0.000000177. The average molecular weight is 797 g/mol. The van der Waals surface area contributed by atoms with Crippen LogP contribution in [0.4, 0.5) is 0 Å². The summed E-state index contributed by atoms with van der Waals surface area (Å²) in [5, 5.41) is 17.3. The molecule has 2 amide bonds. The van der Waals surface area contributed by atoms with Crippen LogP contribution in [0.15, 0.2) is 85.5 Å². The van der Waals surface area contributed by atoms with Gasteiger partial charge in [0.15, 0.2) is 0 Å². The van der Waals surface area contributed by atoms with E-state index in [1.165, 1.54) is 12.1 Å². The minimum absolute atomic E-state index is 0.0671. The lowest BCUT2D eigenvalue weighted by Crippen LogP contribution is -2.41. The summed E-state index contributed by atoms with van der Waals surface area (Å²) in [5.41, 5.74) is 3.69. The van der Waals surface area contributed by atoms with Crippen LogP contribution in [0.25, 0.3) is 0 Å². The average Bonchev–Trinajstić information content (AvgIpc) is 3.61. The first-order valence-corrected chi connectivity index (χ1v) is 19.1. The van der Waals surface area contributed by atoms with E-state index in [0.717, 1.165) is 22.3 Å². The number of hydrogen-bond donors (Lipinski definition) is 2. The SMILES string of the molecule is O=C(OO)c1ccc2c(c1)OC[C@@H](c1cccnc1)N(C(=O)C1CCOCC1)C2.O=C(OO)c1ccc2c(c1)OC[C@H](c1cccnc1)N(C(=O)C1CCOCC1)C2. The molecule has 2 N–H and O–H groups in total. The van der Waals surface area contributed by atoms with Gasteiger partial charge >= 0.3 is 11.9 Å². The molecule has 0 radical (unpaired) electrons. The van der Waals surface area contributed by atoms with Crippen LogP contribution in [0.5, 0.6) is 11.5 Å². The van der Waals surface area contributed by atoms with E-state index in [0.29, 0.717) is 76.7 Å². The van der Waals surface area contributed by atoms with Gasteiger partial charge in [-0.15, -0.1) is 0 Å². The van der Waals surface area contributed by atoms with Crippen molar-refractivity contribution in [2.24, 2.45) is 11.8 Å². The maximum Gasteiger partial charge on any atom is 0.372 e. The minimum Gasteiger partial charge on any atom is -0.491 e. The highest BCUT2D eigenvalue weighted by Gasteiger charge is 2.36. The fourth-order valence-corrected chi connectivity index (χ4v) is 7.62. The number of amides is 2. The largest absolute Gasteiger partial charge is 0.491 e. The molecule has 16 heteroatoms. The molecule has 6 heterocycles. The number of aromatic nitrogens is 2. The van der Waals surface area contributed by atoms with Crippen molar-refractivity contribution in [1.82, 2.24) is 19.8 Å². The second-order valence-corrected chi connectivity index (χ2v) is 14.3. The molecule has 8 rings (SSSR count). The van der Waals surface area contributed by atoms with Crippen LogP contribution in [0.1, 0.15) is 80.7 Å². The zero-order valence-electron chi connectivity index (χ0n) is 31.6. The van der Waals surface area contributed by atoms with Gasteiger partial charge in [-0.05, 0) is 73.2 Å². The molecule has 0 aliphatic carbocycles. The zero-order valence-corrected chi connectivity index (χ0v) is 31.6. The Kier molecular flexibility index (Phi) is 13.2. The second kappa shape index (κ2) is 19.0. The Morgan fingerprint density at radius 3 is 1.38 bits per heavy atom. The molecule has 58 heavy (non-hydrogen) atoms. The second-order valence-electron chi connectivity index (χ2n) is 14.3. The summed E-state index contributed by atoms with van der Waals surface area (Å²) in [5.74, 6) is -0.788. The molecule has 0 bridgehead atoms. The molecule has 304 valence electrons. The summed E-state index contributed by atoms with van der Waals surface area (Å²) < 4.78 is 22.8. The van der Waals surface area contributed by atoms with Crippen LogP contribution in [0, 0.1) is 11.8 Å². The van der Waals surface area contributed by atoms with Crippen LogP contribution < -0.4 is 9.47 Å². The molecule has 4 aromatic rings. The van der Waals surface area contributed by atoms with Crippen LogP contribution in [-0.2, 0) is 41.9 Å². The van der Waals surface area contributed by atoms with Gasteiger partial charge in [0.2, 0.25) is 11.8 Å². The van der Waals surface area contributed by atoms with Gasteiger partial charge in [0.25, 0.3) is 0 Å². The van der Waals surface area contributed by atoms with Crippen molar-refractivity contribution in [3.05, 3.63) is 119 Å². The number of pyridine rings is 2. The lowest BCUT2D eigenvalue weighted by Gasteiger charge is -2.33. The highest BCUT2D eigenvalue weighted by atomic mass is 17.1. The molecular formula is C42H44N4O12. The lowest BCUT2D eigenvalue weighted by atomic mass is 9.96. The molecule has 4 aliphatic heterocycles. The third-order valence-corrected chi connectivity index (χ3v) is 10.8. The lowest BCUT2D eigenvalue weighted by molar-refractivity contribution is -0.182. The summed E-state index contributed by atoms with van der Waals surface area (Å²) in [6.07, 6.45) is 9.65. The highest BCUT2D eigenvalue weighted by molar-refractivity contribution is 5.90. The molecule has 0 saturated carbocycles. The van der Waals surface area contributed by atoms with E-state index in [1.54, 1.807) is 49.1 Å². The van der Waals surface area contributed by atoms with Gasteiger partial charge in [-0.3, -0.25) is 29.3 Å². The van der Waals surface area contributed by atoms with Crippen molar-refractivity contribution in [2.45, 2.75) is 50.9 Å². The van der Waals surface area contributed by atoms with Gasteiger partial charge in [0.05, 0.1) is 36.3 Å². The molecule has 0 spiro atoms. The van der Waals surface area contributed by atoms with Crippen molar-refractivity contribution in [2.75, 3.05) is 39.6 Å². The fourth-order valence-electron chi connectivity index (χ4n) is 7.62. The standard InChI is InChI=1S/2C21H22N2O6/c2*24-20(14-5-8-27-9-6-14)23-12-17-4-3-15(21(25)29-26)10-19(17)28-13-18(23)16-2-1-7-22-11-16/h2*1-4,7,10-11,14,18,26H,5-6,8-9,12-13H2/t2*18-/m10/s1. The molecule has 2 aromatic heterocycles. The number of benzene rings is 2. The summed E-state index contributed by atoms with van der Waals surface area (Å²) in [4.78, 5) is 69.8. The van der Waals surface area contributed by atoms with E-state index in [-0.39, 0.29) is 60.1 Å². The molecule has 2 saturated heterocycles. The number of carbonyl (C=O) groups excluding carboxylic acids is 4. The Morgan fingerprint density at radius 2 is 1.02 bits per heavy atom. The smallest absolute Gasteiger partial charge is 0.372 e. The van der Waals surface area contributed by atoms with Crippen molar-refractivity contribution in [3.63, 3.8) is 0 Å². The first-order valence-electron chi connectivity index (χ1n) is 19.1. The fraction of sp³-hybridized carbons (Fsp3) is 0.381. The number of ether oxygens (including phenoxy) is 4. The van der Waals surface area contributed by atoms with Crippen LogP contribution in [0.3, 0.4) is 0 Å². The molecule has 16 nitrogen and oxygen atoms in total. The van der Waals surface area contributed by atoms with Crippen molar-refractivity contribution >= 4 is 23.8 Å². The van der Waals surface area contributed by atoms with Crippen molar-refractivity contribution < 1.29 is 58.4 Å². The van der Waals surface area contributed by atoms with Gasteiger partial charge in [-0.1, -0.05) is 24.3 Å². The van der Waals surface area contributed by atoms with E-state index >= 15 is 0 Å². The zero-order chi connectivity index (χ0) is 40.4. The molecule has 2 aromatic carbocycles.